The van der Waals surface area contributed by atoms with Crippen LogP contribution in [0.1, 0.15) is 31.9 Å². The molecule has 1 aromatic rings. The lowest BCUT2D eigenvalue weighted by Crippen LogP contribution is -2.34. The van der Waals surface area contributed by atoms with E-state index in [-0.39, 0.29) is 5.75 Å². The summed E-state index contributed by atoms with van der Waals surface area (Å²) in [7, 11) is -3.14. The van der Waals surface area contributed by atoms with Crippen molar-refractivity contribution in [2.75, 3.05) is 5.75 Å². The van der Waals surface area contributed by atoms with E-state index in [0.29, 0.717) is 11.4 Å². The van der Waals surface area contributed by atoms with Gasteiger partial charge in [-0.3, -0.25) is 0 Å². The van der Waals surface area contributed by atoms with Crippen molar-refractivity contribution in [3.8, 4) is 0 Å². The maximum Gasteiger partial charge on any atom is 0.154 e. The van der Waals surface area contributed by atoms with Gasteiger partial charge in [0.2, 0.25) is 0 Å². The summed E-state index contributed by atoms with van der Waals surface area (Å²) in [4.78, 5) is 0. The van der Waals surface area contributed by atoms with E-state index in [1.54, 1.807) is 25.1 Å². The quantitative estimate of drug-likeness (QED) is 0.898. The van der Waals surface area contributed by atoms with Gasteiger partial charge in [-0.1, -0.05) is 37.6 Å². The number of nitrogens with two attached hydrogens (primary N) is 1. The van der Waals surface area contributed by atoms with Gasteiger partial charge in [0.1, 0.15) is 0 Å². The van der Waals surface area contributed by atoms with Crippen molar-refractivity contribution in [3.05, 3.63) is 34.9 Å². The molecule has 0 bridgehead atoms. The van der Waals surface area contributed by atoms with Gasteiger partial charge in [-0.2, -0.15) is 0 Å². The summed E-state index contributed by atoms with van der Waals surface area (Å²) in [6.45, 7) is 3.48. The fraction of sp³-hybridized carbons (Fsp3) is 0.500. The molecule has 0 saturated carbocycles. The van der Waals surface area contributed by atoms with Gasteiger partial charge in [0.15, 0.2) is 9.84 Å². The topological polar surface area (TPSA) is 60.2 Å². The first-order valence-corrected chi connectivity index (χ1v) is 7.74. The van der Waals surface area contributed by atoms with Crippen molar-refractivity contribution in [2.45, 2.75) is 31.6 Å². The minimum absolute atomic E-state index is 0.111. The van der Waals surface area contributed by atoms with Crippen LogP contribution in [-0.2, 0) is 9.84 Å². The number of hydrogen-bond acceptors (Lipinski definition) is 3. The van der Waals surface area contributed by atoms with Crippen LogP contribution in [0.15, 0.2) is 24.3 Å². The predicted octanol–water partition coefficient (Wildman–Crippen LogP) is 2.55. The van der Waals surface area contributed by atoms with Crippen molar-refractivity contribution < 1.29 is 8.42 Å². The highest BCUT2D eigenvalue weighted by Crippen LogP contribution is 2.25. The second kappa shape index (κ2) is 5.85. The van der Waals surface area contributed by atoms with E-state index in [0.717, 1.165) is 5.56 Å². The fourth-order valence-corrected chi connectivity index (χ4v) is 3.61. The summed E-state index contributed by atoms with van der Waals surface area (Å²) in [5, 5.41) is 0.0210. The largest absolute Gasteiger partial charge is 0.323 e. The number of rotatable bonds is 5. The molecule has 0 aliphatic rings. The van der Waals surface area contributed by atoms with Crippen LogP contribution in [0.3, 0.4) is 0 Å². The molecule has 0 amide bonds. The molecule has 0 heterocycles. The summed E-state index contributed by atoms with van der Waals surface area (Å²) in [5.74, 6) is 0.111. The van der Waals surface area contributed by atoms with Gasteiger partial charge < -0.3 is 5.73 Å². The molecule has 0 radical (unpaired) electrons. The van der Waals surface area contributed by atoms with Crippen molar-refractivity contribution in [3.63, 3.8) is 0 Å². The highest BCUT2D eigenvalue weighted by atomic mass is 35.5. The van der Waals surface area contributed by atoms with E-state index in [4.69, 9.17) is 17.3 Å². The highest BCUT2D eigenvalue weighted by molar-refractivity contribution is 7.92. The first-order valence-electron chi connectivity index (χ1n) is 5.65. The third kappa shape index (κ3) is 3.44. The molecule has 1 aromatic carbocycles. The Morgan fingerprint density at radius 1 is 1.35 bits per heavy atom. The monoisotopic (exact) mass is 275 g/mol. The molecule has 3 nitrogen and oxygen atoms in total. The molecule has 96 valence electrons. The number of benzene rings is 1. The summed E-state index contributed by atoms with van der Waals surface area (Å²) in [6.07, 6.45) is 0.504. The molecule has 0 unspecified atom stereocenters. The van der Waals surface area contributed by atoms with E-state index in [2.05, 4.69) is 0 Å². The summed E-state index contributed by atoms with van der Waals surface area (Å²) < 4.78 is 23.8. The molecular formula is C12H18ClNO2S. The summed E-state index contributed by atoms with van der Waals surface area (Å²) in [5.41, 5.74) is 6.81. The number of hydrogen-bond donors (Lipinski definition) is 1. The van der Waals surface area contributed by atoms with E-state index >= 15 is 0 Å². The first kappa shape index (κ1) is 14.5. The Morgan fingerprint density at radius 2 is 2.00 bits per heavy atom. The number of sulfone groups is 1. The Labute approximate surface area is 108 Å². The molecule has 0 aliphatic heterocycles. The lowest BCUT2D eigenvalue weighted by Gasteiger charge is -2.22. The predicted molar refractivity (Wildman–Crippen MR) is 71.9 cm³/mol. The highest BCUT2D eigenvalue weighted by Gasteiger charge is 2.29. The Morgan fingerprint density at radius 3 is 2.47 bits per heavy atom. The molecule has 0 spiro atoms. The standard InChI is InChI=1S/C12H18ClNO2S/c1-3-11(17(15,16)4-2)12(14)9-6-5-7-10(13)8-9/h5-8,11-12H,3-4,14H2,1-2H3/t11-,12+/m0/s1. The van der Waals surface area contributed by atoms with Gasteiger partial charge >= 0.3 is 0 Å². The molecule has 0 saturated heterocycles. The molecule has 0 aromatic heterocycles. The molecule has 2 N–H and O–H groups in total. The third-order valence-corrected chi connectivity index (χ3v) is 5.49. The van der Waals surface area contributed by atoms with Gasteiger partial charge in [-0.05, 0) is 24.1 Å². The van der Waals surface area contributed by atoms with Gasteiger partial charge in [0.25, 0.3) is 0 Å². The minimum Gasteiger partial charge on any atom is -0.323 e. The zero-order valence-electron chi connectivity index (χ0n) is 10.1. The van der Waals surface area contributed by atoms with E-state index in [1.165, 1.54) is 0 Å². The SMILES string of the molecule is CC[C@@H]([C@H](N)c1cccc(Cl)c1)S(=O)(=O)CC. The van der Waals surface area contributed by atoms with E-state index < -0.39 is 21.1 Å². The Kier molecular flexibility index (Phi) is 4.98. The summed E-state index contributed by atoms with van der Waals surface area (Å²) >= 11 is 5.88. The van der Waals surface area contributed by atoms with Gasteiger partial charge in [-0.15, -0.1) is 0 Å². The van der Waals surface area contributed by atoms with Crippen LogP contribution in [0.2, 0.25) is 5.02 Å². The molecule has 5 heteroatoms. The molecular weight excluding hydrogens is 258 g/mol. The van der Waals surface area contributed by atoms with Gasteiger partial charge in [0.05, 0.1) is 5.25 Å². The van der Waals surface area contributed by atoms with E-state index in [9.17, 15) is 8.42 Å². The smallest absolute Gasteiger partial charge is 0.154 e. The maximum absolute atomic E-state index is 11.9. The average molecular weight is 276 g/mol. The summed E-state index contributed by atoms with van der Waals surface area (Å²) in [6, 6.07) is 6.53. The molecule has 0 fully saturated rings. The lowest BCUT2D eigenvalue weighted by atomic mass is 10.0. The Hall–Kier alpha value is -0.580. The molecule has 2 atom stereocenters. The van der Waals surface area contributed by atoms with Crippen molar-refractivity contribution in [1.29, 1.82) is 0 Å². The molecule has 0 aliphatic carbocycles. The number of halogens is 1. The average Bonchev–Trinajstić information content (AvgIpc) is 2.29. The van der Waals surface area contributed by atoms with Crippen LogP contribution < -0.4 is 5.73 Å². The molecule has 17 heavy (non-hydrogen) atoms. The second-order valence-corrected chi connectivity index (χ2v) is 6.92. The zero-order valence-corrected chi connectivity index (χ0v) is 11.6. The normalized spacial score (nSPS) is 15.5. The van der Waals surface area contributed by atoms with Crippen LogP contribution in [0, 0.1) is 0 Å². The van der Waals surface area contributed by atoms with Gasteiger partial charge in [0, 0.05) is 16.8 Å². The van der Waals surface area contributed by atoms with Crippen LogP contribution in [-0.4, -0.2) is 19.4 Å². The van der Waals surface area contributed by atoms with Crippen molar-refractivity contribution in [1.82, 2.24) is 0 Å². The van der Waals surface area contributed by atoms with Crippen LogP contribution >= 0.6 is 11.6 Å². The third-order valence-electron chi connectivity index (χ3n) is 2.90. The Balaban J connectivity index is 3.06. The first-order chi connectivity index (χ1) is 7.92. The maximum atomic E-state index is 11.9. The molecule has 1 rings (SSSR count). The van der Waals surface area contributed by atoms with Gasteiger partial charge in [-0.25, -0.2) is 8.42 Å². The van der Waals surface area contributed by atoms with Crippen LogP contribution in [0.25, 0.3) is 0 Å². The lowest BCUT2D eigenvalue weighted by molar-refractivity contribution is 0.549. The van der Waals surface area contributed by atoms with Crippen LogP contribution in [0.5, 0.6) is 0 Å². The van der Waals surface area contributed by atoms with E-state index in [1.807, 2.05) is 13.0 Å². The second-order valence-electron chi connectivity index (χ2n) is 3.98. The van der Waals surface area contributed by atoms with Crippen molar-refractivity contribution >= 4 is 21.4 Å². The van der Waals surface area contributed by atoms with Crippen molar-refractivity contribution in [2.24, 2.45) is 5.73 Å². The minimum atomic E-state index is -3.14. The fourth-order valence-electron chi connectivity index (χ4n) is 1.87. The van der Waals surface area contributed by atoms with Crippen LogP contribution in [0.4, 0.5) is 0 Å². The zero-order chi connectivity index (χ0) is 13.1. The Bertz CT molecular complexity index is 473.